The molecule has 0 heterocycles. The molecule has 0 bridgehead atoms. The molecular weight excluding hydrogens is 275 g/mol. The molecule has 0 atom stereocenters. The average Bonchev–Trinajstić information content (AvgIpc) is 2.33. The van der Waals surface area contributed by atoms with E-state index in [0.717, 1.165) is 5.56 Å². The zero-order chi connectivity index (χ0) is 12.3. The molecule has 0 saturated carbocycles. The SMILES string of the molecule is S=C(Oc1ccc(Cl)cc1)c1ccc(Cl)cc1. The van der Waals surface area contributed by atoms with Gasteiger partial charge in [-0.05, 0) is 60.7 Å². The fraction of sp³-hybridized carbons (Fsp3) is 0. The van der Waals surface area contributed by atoms with Crippen molar-refractivity contribution in [2.45, 2.75) is 0 Å². The minimum absolute atomic E-state index is 0.406. The summed E-state index contributed by atoms with van der Waals surface area (Å²) in [4.78, 5) is 0. The van der Waals surface area contributed by atoms with E-state index >= 15 is 0 Å². The number of hydrogen-bond donors (Lipinski definition) is 0. The van der Waals surface area contributed by atoms with Gasteiger partial charge in [-0.25, -0.2) is 0 Å². The quantitative estimate of drug-likeness (QED) is 0.736. The molecule has 2 aromatic rings. The van der Waals surface area contributed by atoms with Crippen LogP contribution in [0.25, 0.3) is 0 Å². The Hall–Kier alpha value is -1.09. The molecule has 0 saturated heterocycles. The van der Waals surface area contributed by atoms with Gasteiger partial charge < -0.3 is 4.74 Å². The number of rotatable bonds is 2. The summed E-state index contributed by atoms with van der Waals surface area (Å²) in [5.74, 6) is 0.661. The molecule has 0 amide bonds. The van der Waals surface area contributed by atoms with E-state index in [-0.39, 0.29) is 0 Å². The summed E-state index contributed by atoms with van der Waals surface area (Å²) in [7, 11) is 0. The molecule has 0 aliphatic rings. The lowest BCUT2D eigenvalue weighted by Crippen LogP contribution is -2.06. The van der Waals surface area contributed by atoms with Gasteiger partial charge in [0.1, 0.15) is 5.75 Å². The highest BCUT2D eigenvalue weighted by atomic mass is 35.5. The van der Waals surface area contributed by atoms with E-state index in [9.17, 15) is 0 Å². The Balaban J connectivity index is 2.11. The molecule has 17 heavy (non-hydrogen) atoms. The van der Waals surface area contributed by atoms with Crippen LogP contribution in [0.5, 0.6) is 5.75 Å². The largest absolute Gasteiger partial charge is 0.445 e. The summed E-state index contributed by atoms with van der Waals surface area (Å²) in [5.41, 5.74) is 0.819. The number of benzene rings is 2. The van der Waals surface area contributed by atoms with Crippen molar-refractivity contribution in [2.24, 2.45) is 0 Å². The van der Waals surface area contributed by atoms with Crippen molar-refractivity contribution in [1.29, 1.82) is 0 Å². The predicted octanol–water partition coefficient (Wildman–Crippen LogP) is 4.75. The Morgan fingerprint density at radius 2 is 1.29 bits per heavy atom. The zero-order valence-electron chi connectivity index (χ0n) is 8.69. The average molecular weight is 283 g/mol. The maximum atomic E-state index is 5.80. The zero-order valence-corrected chi connectivity index (χ0v) is 11.0. The third kappa shape index (κ3) is 3.43. The highest BCUT2D eigenvalue weighted by Crippen LogP contribution is 2.18. The second kappa shape index (κ2) is 5.50. The first-order chi connectivity index (χ1) is 8.15. The third-order valence-corrected chi connectivity index (χ3v) is 2.93. The van der Waals surface area contributed by atoms with Gasteiger partial charge in [-0.2, -0.15) is 0 Å². The highest BCUT2D eigenvalue weighted by molar-refractivity contribution is 7.80. The Morgan fingerprint density at radius 1 is 0.824 bits per heavy atom. The molecule has 0 aromatic heterocycles. The molecule has 0 fully saturated rings. The van der Waals surface area contributed by atoms with Crippen LogP contribution in [-0.4, -0.2) is 5.05 Å². The lowest BCUT2D eigenvalue weighted by molar-refractivity contribution is 0.566. The summed E-state index contributed by atoms with van der Waals surface area (Å²) in [6.07, 6.45) is 0. The monoisotopic (exact) mass is 282 g/mol. The van der Waals surface area contributed by atoms with Gasteiger partial charge in [-0.15, -0.1) is 0 Å². The number of hydrogen-bond acceptors (Lipinski definition) is 2. The Morgan fingerprint density at radius 3 is 1.82 bits per heavy atom. The summed E-state index contributed by atoms with van der Waals surface area (Å²) in [6.45, 7) is 0. The second-order valence-corrected chi connectivity index (χ2v) is 4.59. The molecule has 1 nitrogen and oxygen atoms in total. The topological polar surface area (TPSA) is 9.23 Å². The van der Waals surface area contributed by atoms with Gasteiger partial charge in [0.25, 0.3) is 0 Å². The molecule has 0 spiro atoms. The van der Waals surface area contributed by atoms with E-state index in [1.807, 2.05) is 12.1 Å². The van der Waals surface area contributed by atoms with Crippen LogP contribution in [-0.2, 0) is 0 Å². The smallest absolute Gasteiger partial charge is 0.198 e. The minimum atomic E-state index is 0.406. The molecule has 0 aliphatic heterocycles. The van der Waals surface area contributed by atoms with Crippen LogP contribution in [0.2, 0.25) is 10.0 Å². The van der Waals surface area contributed by atoms with E-state index in [2.05, 4.69) is 0 Å². The minimum Gasteiger partial charge on any atom is -0.445 e. The van der Waals surface area contributed by atoms with Crippen LogP contribution < -0.4 is 4.74 Å². The van der Waals surface area contributed by atoms with Crippen molar-refractivity contribution >= 4 is 40.5 Å². The Kier molecular flexibility index (Phi) is 4.00. The van der Waals surface area contributed by atoms with Crippen LogP contribution in [0.4, 0.5) is 0 Å². The number of halogens is 2. The van der Waals surface area contributed by atoms with Crippen LogP contribution in [0.3, 0.4) is 0 Å². The van der Waals surface area contributed by atoms with Crippen molar-refractivity contribution < 1.29 is 4.74 Å². The Bertz CT molecular complexity index is 520. The van der Waals surface area contributed by atoms with E-state index in [1.165, 1.54) is 0 Å². The first-order valence-electron chi connectivity index (χ1n) is 4.88. The maximum absolute atomic E-state index is 5.80. The third-order valence-electron chi connectivity index (χ3n) is 2.10. The van der Waals surface area contributed by atoms with Gasteiger partial charge in [0.2, 0.25) is 0 Å². The van der Waals surface area contributed by atoms with E-state index in [0.29, 0.717) is 20.8 Å². The maximum Gasteiger partial charge on any atom is 0.198 e. The van der Waals surface area contributed by atoms with Gasteiger partial charge >= 0.3 is 0 Å². The normalized spacial score (nSPS) is 10.0. The molecule has 0 unspecified atom stereocenters. The highest BCUT2D eigenvalue weighted by Gasteiger charge is 2.03. The van der Waals surface area contributed by atoms with Crippen molar-refractivity contribution in [3.05, 3.63) is 64.1 Å². The van der Waals surface area contributed by atoms with E-state index in [1.54, 1.807) is 36.4 Å². The van der Waals surface area contributed by atoms with Crippen molar-refractivity contribution in [2.75, 3.05) is 0 Å². The lowest BCUT2D eigenvalue weighted by Gasteiger charge is -2.07. The van der Waals surface area contributed by atoms with Crippen LogP contribution >= 0.6 is 35.4 Å². The molecule has 86 valence electrons. The van der Waals surface area contributed by atoms with Gasteiger partial charge in [0.15, 0.2) is 5.05 Å². The lowest BCUT2D eigenvalue weighted by atomic mass is 10.2. The van der Waals surface area contributed by atoms with Crippen molar-refractivity contribution in [1.82, 2.24) is 0 Å². The first kappa shape index (κ1) is 12.4. The summed E-state index contributed by atoms with van der Waals surface area (Å²) < 4.78 is 5.52. The standard InChI is InChI=1S/C13H8Cl2OS/c14-10-3-1-9(2-4-10)13(17)16-12-7-5-11(15)6-8-12/h1-8H. The molecule has 0 radical (unpaired) electrons. The molecule has 2 rings (SSSR count). The second-order valence-electron chi connectivity index (χ2n) is 3.35. The van der Waals surface area contributed by atoms with Crippen LogP contribution in [0.1, 0.15) is 5.56 Å². The van der Waals surface area contributed by atoms with Crippen LogP contribution in [0, 0.1) is 0 Å². The molecule has 2 aromatic carbocycles. The van der Waals surface area contributed by atoms with Gasteiger partial charge in [0.05, 0.1) is 0 Å². The van der Waals surface area contributed by atoms with Crippen molar-refractivity contribution in [3.8, 4) is 5.75 Å². The molecule has 0 N–H and O–H groups in total. The van der Waals surface area contributed by atoms with Gasteiger partial charge in [-0.3, -0.25) is 0 Å². The van der Waals surface area contributed by atoms with Gasteiger partial charge in [-0.1, -0.05) is 23.2 Å². The first-order valence-corrected chi connectivity index (χ1v) is 6.05. The molecule has 0 aliphatic carbocycles. The summed E-state index contributed by atoms with van der Waals surface area (Å²) in [6, 6.07) is 14.2. The van der Waals surface area contributed by atoms with Crippen LogP contribution in [0.15, 0.2) is 48.5 Å². The Labute approximate surface area is 115 Å². The summed E-state index contributed by atoms with van der Waals surface area (Å²) >= 11 is 16.8. The molecular formula is C13H8Cl2OS. The number of ether oxygens (including phenoxy) is 1. The molecule has 4 heteroatoms. The van der Waals surface area contributed by atoms with Crippen molar-refractivity contribution in [3.63, 3.8) is 0 Å². The van der Waals surface area contributed by atoms with E-state index in [4.69, 9.17) is 40.2 Å². The summed E-state index contributed by atoms with van der Waals surface area (Å²) in [5, 5.41) is 1.74. The van der Waals surface area contributed by atoms with E-state index < -0.39 is 0 Å². The number of thiocarbonyl (C=S) groups is 1. The fourth-order valence-electron chi connectivity index (χ4n) is 1.25. The predicted molar refractivity (Wildman–Crippen MR) is 75.2 cm³/mol. The van der Waals surface area contributed by atoms with Gasteiger partial charge in [0, 0.05) is 15.6 Å². The fourth-order valence-corrected chi connectivity index (χ4v) is 1.74.